The zero-order valence-corrected chi connectivity index (χ0v) is 14.9. The number of carbonyl (C=O) groups is 1. The molecule has 0 saturated heterocycles. The normalized spacial score (nSPS) is 12.0. The van der Waals surface area contributed by atoms with E-state index < -0.39 is 10.8 Å². The molecule has 0 aliphatic rings. The van der Waals surface area contributed by atoms with Crippen molar-refractivity contribution in [3.63, 3.8) is 0 Å². The van der Waals surface area contributed by atoms with Gasteiger partial charge in [-0.2, -0.15) is 4.99 Å². The van der Waals surface area contributed by atoms with Gasteiger partial charge in [-0.1, -0.05) is 17.4 Å². The first-order valence-electron chi connectivity index (χ1n) is 7.89. The van der Waals surface area contributed by atoms with Crippen LogP contribution in [0.5, 0.6) is 0 Å². The number of aromatic nitrogens is 1. The number of nitrogens with zero attached hydrogens (tertiary/aromatic N) is 3. The van der Waals surface area contributed by atoms with Gasteiger partial charge < -0.3 is 4.57 Å². The average Bonchev–Trinajstić information content (AvgIpc) is 2.97. The second-order valence-electron chi connectivity index (χ2n) is 5.53. The number of hydrogen-bond acceptors (Lipinski definition) is 4. The Balaban J connectivity index is 1.91. The van der Waals surface area contributed by atoms with Crippen LogP contribution in [-0.2, 0) is 11.3 Å². The summed E-state index contributed by atoms with van der Waals surface area (Å²) in [4.78, 5) is 26.9. The number of amides is 1. The second-order valence-corrected chi connectivity index (χ2v) is 6.54. The predicted molar refractivity (Wildman–Crippen MR) is 103 cm³/mol. The first kappa shape index (κ1) is 18.4. The molecule has 8 heteroatoms. The van der Waals surface area contributed by atoms with Gasteiger partial charge in [0.05, 0.1) is 15.1 Å². The van der Waals surface area contributed by atoms with Crippen LogP contribution in [0.1, 0.15) is 5.56 Å². The third-order valence-electron chi connectivity index (χ3n) is 3.68. The lowest BCUT2D eigenvalue weighted by Crippen LogP contribution is -2.15. The van der Waals surface area contributed by atoms with Crippen LogP contribution < -0.4 is 4.80 Å². The second kappa shape index (κ2) is 7.88. The summed E-state index contributed by atoms with van der Waals surface area (Å²) < 4.78 is 15.9. The molecule has 0 radical (unpaired) electrons. The minimum atomic E-state index is -0.489. The third-order valence-corrected chi connectivity index (χ3v) is 4.73. The molecule has 0 saturated carbocycles. The van der Waals surface area contributed by atoms with Crippen molar-refractivity contribution in [2.24, 2.45) is 4.99 Å². The average molecular weight is 383 g/mol. The van der Waals surface area contributed by atoms with E-state index in [-0.39, 0.29) is 11.5 Å². The molecule has 3 aromatic rings. The molecule has 0 aliphatic carbocycles. The van der Waals surface area contributed by atoms with Crippen LogP contribution in [0.15, 0.2) is 66.2 Å². The van der Waals surface area contributed by atoms with Crippen molar-refractivity contribution in [2.45, 2.75) is 6.54 Å². The number of thiazole rings is 1. The molecule has 0 N–H and O–H groups in total. The van der Waals surface area contributed by atoms with Gasteiger partial charge >= 0.3 is 0 Å². The van der Waals surface area contributed by atoms with E-state index in [0.717, 1.165) is 5.52 Å². The fourth-order valence-corrected chi connectivity index (χ4v) is 3.51. The highest BCUT2D eigenvalue weighted by Gasteiger charge is 2.07. The molecule has 0 atom stereocenters. The number of carbonyl (C=O) groups excluding carboxylic acids is 1. The molecule has 1 aromatic heterocycles. The predicted octanol–water partition coefficient (Wildman–Crippen LogP) is 4.08. The number of nitro groups is 1. The Morgan fingerprint density at radius 2 is 2.04 bits per heavy atom. The lowest BCUT2D eigenvalue weighted by Gasteiger charge is -2.00. The first-order valence-corrected chi connectivity index (χ1v) is 8.70. The summed E-state index contributed by atoms with van der Waals surface area (Å²) in [5.74, 6) is -0.844. The van der Waals surface area contributed by atoms with E-state index in [4.69, 9.17) is 0 Å². The van der Waals surface area contributed by atoms with Crippen LogP contribution in [-0.4, -0.2) is 15.4 Å². The van der Waals surface area contributed by atoms with Crippen molar-refractivity contribution in [2.75, 3.05) is 0 Å². The van der Waals surface area contributed by atoms with Gasteiger partial charge in [-0.25, -0.2) is 4.39 Å². The summed E-state index contributed by atoms with van der Waals surface area (Å²) in [6.45, 7) is 4.13. The van der Waals surface area contributed by atoms with E-state index in [9.17, 15) is 19.3 Å². The number of halogens is 1. The van der Waals surface area contributed by atoms with E-state index >= 15 is 0 Å². The van der Waals surface area contributed by atoms with Gasteiger partial charge in [-0.3, -0.25) is 14.9 Å². The molecule has 0 aliphatic heterocycles. The van der Waals surface area contributed by atoms with Crippen molar-refractivity contribution in [1.82, 2.24) is 4.57 Å². The molecule has 136 valence electrons. The summed E-state index contributed by atoms with van der Waals surface area (Å²) in [6.07, 6.45) is 4.48. The number of hydrogen-bond donors (Lipinski definition) is 0. The van der Waals surface area contributed by atoms with Crippen molar-refractivity contribution < 1.29 is 14.1 Å². The van der Waals surface area contributed by atoms with Gasteiger partial charge in [-0.05, 0) is 42.0 Å². The maximum atomic E-state index is 13.4. The topological polar surface area (TPSA) is 77.5 Å². The van der Waals surface area contributed by atoms with Crippen molar-refractivity contribution in [3.05, 3.63) is 87.5 Å². The standard InChI is InChI=1S/C19H14FN3O3S/c1-2-11-22-16-9-6-14(20)12-17(16)27-19(22)21-18(24)10-5-13-3-7-15(8-4-13)23(25)26/h2-10,12H,1,11H2/b10-5-,21-19?. The molecule has 0 unspecified atom stereocenters. The smallest absolute Gasteiger partial charge is 0.272 e. The highest BCUT2D eigenvalue weighted by atomic mass is 32.1. The zero-order chi connectivity index (χ0) is 19.4. The van der Waals surface area contributed by atoms with Gasteiger partial charge in [0.2, 0.25) is 0 Å². The lowest BCUT2D eigenvalue weighted by atomic mass is 10.2. The van der Waals surface area contributed by atoms with Crippen LogP contribution in [0.3, 0.4) is 0 Å². The van der Waals surface area contributed by atoms with E-state index in [1.807, 2.05) is 0 Å². The molecule has 2 aromatic carbocycles. The quantitative estimate of drug-likeness (QED) is 0.288. The SMILES string of the molecule is C=CCn1c(=NC(=O)/C=C\c2ccc([N+](=O)[O-])cc2)sc2cc(F)ccc21. The molecule has 6 nitrogen and oxygen atoms in total. The van der Waals surface area contributed by atoms with E-state index in [2.05, 4.69) is 11.6 Å². The Morgan fingerprint density at radius 1 is 1.30 bits per heavy atom. The minimum Gasteiger partial charge on any atom is -0.312 e. The Bertz CT molecular complexity index is 1130. The molecule has 1 amide bonds. The van der Waals surface area contributed by atoms with Gasteiger partial charge in [0.1, 0.15) is 5.82 Å². The number of benzene rings is 2. The Hall–Kier alpha value is -3.39. The number of non-ortho nitro benzene ring substituents is 1. The van der Waals surface area contributed by atoms with E-state index in [1.165, 1.54) is 47.8 Å². The fraction of sp³-hybridized carbons (Fsp3) is 0.0526. The van der Waals surface area contributed by atoms with E-state index in [0.29, 0.717) is 21.6 Å². The van der Waals surface area contributed by atoms with Crippen LogP contribution in [0, 0.1) is 15.9 Å². The molecule has 0 bridgehead atoms. The van der Waals surface area contributed by atoms with Crippen molar-refractivity contribution in [3.8, 4) is 0 Å². The maximum absolute atomic E-state index is 13.4. The fourth-order valence-electron chi connectivity index (χ4n) is 2.44. The molecule has 0 spiro atoms. The Morgan fingerprint density at radius 3 is 2.70 bits per heavy atom. The summed E-state index contributed by atoms with van der Waals surface area (Å²) in [6, 6.07) is 10.2. The zero-order valence-electron chi connectivity index (χ0n) is 14.0. The van der Waals surface area contributed by atoms with Crippen LogP contribution in [0.4, 0.5) is 10.1 Å². The molecule has 0 fully saturated rings. The lowest BCUT2D eigenvalue weighted by molar-refractivity contribution is -0.384. The molecular formula is C19H14FN3O3S. The third kappa shape index (κ3) is 4.24. The van der Waals surface area contributed by atoms with Crippen molar-refractivity contribution >= 4 is 39.2 Å². The van der Waals surface area contributed by atoms with Gasteiger partial charge in [0, 0.05) is 24.8 Å². The van der Waals surface area contributed by atoms with Crippen LogP contribution >= 0.6 is 11.3 Å². The largest absolute Gasteiger partial charge is 0.312 e. The first-order chi connectivity index (χ1) is 13.0. The summed E-state index contributed by atoms with van der Waals surface area (Å²) in [5, 5.41) is 10.6. The maximum Gasteiger partial charge on any atom is 0.272 e. The molecular weight excluding hydrogens is 369 g/mol. The van der Waals surface area contributed by atoms with Crippen LogP contribution in [0.25, 0.3) is 16.3 Å². The number of allylic oxidation sites excluding steroid dienone is 1. The van der Waals surface area contributed by atoms with E-state index in [1.54, 1.807) is 28.8 Å². The van der Waals surface area contributed by atoms with Crippen molar-refractivity contribution in [1.29, 1.82) is 0 Å². The summed E-state index contributed by atoms with van der Waals surface area (Å²) in [7, 11) is 0. The number of fused-ring (bicyclic) bond motifs is 1. The summed E-state index contributed by atoms with van der Waals surface area (Å²) in [5.41, 5.74) is 1.39. The monoisotopic (exact) mass is 383 g/mol. The molecule has 27 heavy (non-hydrogen) atoms. The minimum absolute atomic E-state index is 0.0221. The summed E-state index contributed by atoms with van der Waals surface area (Å²) >= 11 is 1.21. The Labute approximate surface area is 157 Å². The highest BCUT2D eigenvalue weighted by molar-refractivity contribution is 7.16. The Kier molecular flexibility index (Phi) is 5.37. The molecule has 3 rings (SSSR count). The molecule has 1 heterocycles. The number of nitro benzene ring substituents is 1. The van der Waals surface area contributed by atoms with Gasteiger partial charge in [0.25, 0.3) is 11.6 Å². The van der Waals surface area contributed by atoms with Gasteiger partial charge in [0.15, 0.2) is 4.80 Å². The van der Waals surface area contributed by atoms with Gasteiger partial charge in [-0.15, -0.1) is 6.58 Å². The highest BCUT2D eigenvalue weighted by Crippen LogP contribution is 2.19. The van der Waals surface area contributed by atoms with Crippen LogP contribution in [0.2, 0.25) is 0 Å². The number of rotatable bonds is 5.